The normalized spacial score (nSPS) is 24.8. The quantitative estimate of drug-likeness (QED) is 0.715. The lowest BCUT2D eigenvalue weighted by Gasteiger charge is -2.37. The predicted octanol–water partition coefficient (Wildman–Crippen LogP) is 4.73. The molecule has 1 unspecified atom stereocenters. The fourth-order valence-corrected chi connectivity index (χ4v) is 5.37. The Morgan fingerprint density at radius 3 is 2.33 bits per heavy atom. The molecular weight excluding hydrogens is 405 g/mol. The van der Waals surface area contributed by atoms with Crippen LogP contribution in [0.2, 0.25) is 0 Å². The Balaban J connectivity index is 2.04. The molecule has 1 atom stereocenters. The number of aliphatic hydroxyl groups excluding tert-OH is 1. The minimum atomic E-state index is -1.04. The number of nitrogens with zero attached hydrogens (tertiary/aromatic N) is 1. The van der Waals surface area contributed by atoms with Crippen LogP contribution in [0.1, 0.15) is 68.8 Å². The van der Waals surface area contributed by atoms with Crippen molar-refractivity contribution < 1.29 is 24.2 Å². The molecule has 0 radical (unpaired) electrons. The van der Waals surface area contributed by atoms with Crippen LogP contribution in [-0.4, -0.2) is 44.4 Å². The Bertz CT molecular complexity index is 868. The average Bonchev–Trinajstić information content (AvgIpc) is 3.11. The molecular formula is C23H30FNO4S. The molecule has 0 saturated heterocycles. The van der Waals surface area contributed by atoms with E-state index in [9.17, 15) is 24.2 Å². The number of rotatable bonds is 4. The number of aryl methyl sites for hydroxylation is 1. The number of allylic oxidation sites excluding steroid dienone is 1. The van der Waals surface area contributed by atoms with E-state index in [1.165, 1.54) is 17.8 Å². The van der Waals surface area contributed by atoms with E-state index in [2.05, 4.69) is 20.8 Å². The second-order valence-electron chi connectivity index (χ2n) is 9.36. The number of carboxylic acids is 1. The molecule has 1 aromatic rings. The van der Waals surface area contributed by atoms with Crippen LogP contribution in [0.25, 0.3) is 0 Å². The van der Waals surface area contributed by atoms with E-state index in [1.807, 2.05) is 0 Å². The summed E-state index contributed by atoms with van der Waals surface area (Å²) in [6.07, 6.45) is 2.35. The molecule has 1 aliphatic carbocycles. The lowest BCUT2D eigenvalue weighted by molar-refractivity contribution is -0.131. The minimum Gasteiger partial charge on any atom is -0.477 e. The number of thioether (sulfide) groups is 1. The Labute approximate surface area is 181 Å². The molecule has 1 saturated carbocycles. The number of carboxylic acid groups (broad SMARTS) is 1. The zero-order valence-electron chi connectivity index (χ0n) is 17.9. The first-order valence-corrected chi connectivity index (χ1v) is 11.3. The van der Waals surface area contributed by atoms with Crippen molar-refractivity contribution in [1.82, 2.24) is 4.90 Å². The molecule has 2 N–H and O–H groups in total. The van der Waals surface area contributed by atoms with Crippen molar-refractivity contribution in [1.29, 1.82) is 0 Å². The van der Waals surface area contributed by atoms with E-state index in [0.717, 1.165) is 0 Å². The van der Waals surface area contributed by atoms with Crippen molar-refractivity contribution in [2.24, 2.45) is 5.41 Å². The van der Waals surface area contributed by atoms with Gasteiger partial charge in [-0.15, -0.1) is 11.8 Å². The largest absolute Gasteiger partial charge is 0.477 e. The lowest BCUT2D eigenvalue weighted by atomic mass is 9.87. The van der Waals surface area contributed by atoms with E-state index < -0.39 is 17.9 Å². The van der Waals surface area contributed by atoms with Gasteiger partial charge in [0.25, 0.3) is 5.91 Å². The number of carbonyl (C=O) groups is 2. The molecule has 1 fully saturated rings. The van der Waals surface area contributed by atoms with Gasteiger partial charge in [0.15, 0.2) is 0 Å². The second kappa shape index (κ2) is 8.71. The van der Waals surface area contributed by atoms with Gasteiger partial charge in [0.1, 0.15) is 10.7 Å². The van der Waals surface area contributed by atoms with Crippen molar-refractivity contribution >= 4 is 23.6 Å². The van der Waals surface area contributed by atoms with Crippen LogP contribution >= 0.6 is 11.8 Å². The first kappa shape index (κ1) is 22.8. The molecule has 1 aliphatic heterocycles. The number of benzene rings is 1. The molecule has 1 amide bonds. The van der Waals surface area contributed by atoms with Gasteiger partial charge in [-0.1, -0.05) is 26.8 Å². The first-order valence-electron chi connectivity index (χ1n) is 10.4. The molecule has 5 nitrogen and oxygen atoms in total. The predicted molar refractivity (Wildman–Crippen MR) is 116 cm³/mol. The second-order valence-corrected chi connectivity index (χ2v) is 10.6. The molecule has 1 heterocycles. The average molecular weight is 436 g/mol. The SMILES string of the molecule is Cc1ccc(C(=O)N(C2=C(C(=O)O)SC(C(C)(C)C)C2)C2CCC(O)CC2)cc1F. The number of aliphatic carboxylic acids is 1. The summed E-state index contributed by atoms with van der Waals surface area (Å²) in [6, 6.07) is 4.18. The van der Waals surface area contributed by atoms with Gasteiger partial charge >= 0.3 is 5.97 Å². The maximum atomic E-state index is 14.2. The molecule has 2 aliphatic rings. The van der Waals surface area contributed by atoms with Crippen LogP contribution < -0.4 is 0 Å². The molecule has 0 bridgehead atoms. The van der Waals surface area contributed by atoms with Crippen molar-refractivity contribution in [3.8, 4) is 0 Å². The fourth-order valence-electron chi connectivity index (χ4n) is 4.07. The van der Waals surface area contributed by atoms with Crippen LogP contribution in [-0.2, 0) is 4.79 Å². The van der Waals surface area contributed by atoms with Gasteiger partial charge in [0.05, 0.1) is 6.10 Å². The van der Waals surface area contributed by atoms with Crippen LogP contribution in [0.5, 0.6) is 0 Å². The van der Waals surface area contributed by atoms with Gasteiger partial charge in [-0.3, -0.25) is 4.79 Å². The summed E-state index contributed by atoms with van der Waals surface area (Å²) in [5, 5.41) is 19.8. The van der Waals surface area contributed by atoms with E-state index in [-0.39, 0.29) is 33.1 Å². The molecule has 1 aromatic carbocycles. The van der Waals surface area contributed by atoms with Gasteiger partial charge in [-0.05, 0) is 55.7 Å². The van der Waals surface area contributed by atoms with E-state index in [1.54, 1.807) is 24.0 Å². The highest BCUT2D eigenvalue weighted by Gasteiger charge is 2.42. The summed E-state index contributed by atoms with van der Waals surface area (Å²) in [6.45, 7) is 7.82. The van der Waals surface area contributed by atoms with Crippen molar-refractivity contribution in [3.05, 3.63) is 45.7 Å². The first-order chi connectivity index (χ1) is 14.0. The third kappa shape index (κ3) is 4.72. The summed E-state index contributed by atoms with van der Waals surface area (Å²) in [5.74, 6) is -1.87. The highest BCUT2D eigenvalue weighted by Crippen LogP contribution is 2.48. The summed E-state index contributed by atoms with van der Waals surface area (Å²) in [4.78, 5) is 27.4. The third-order valence-electron chi connectivity index (χ3n) is 6.02. The molecule has 7 heteroatoms. The van der Waals surface area contributed by atoms with Crippen LogP contribution in [0, 0.1) is 18.2 Å². The van der Waals surface area contributed by atoms with E-state index in [4.69, 9.17) is 0 Å². The van der Waals surface area contributed by atoms with Gasteiger partial charge in [0.2, 0.25) is 0 Å². The number of aliphatic hydroxyl groups is 1. The highest BCUT2D eigenvalue weighted by molar-refractivity contribution is 8.04. The number of hydrogen-bond donors (Lipinski definition) is 2. The fraction of sp³-hybridized carbons (Fsp3) is 0.565. The van der Waals surface area contributed by atoms with Gasteiger partial charge in [-0.2, -0.15) is 0 Å². The Morgan fingerprint density at radius 1 is 1.17 bits per heavy atom. The number of halogens is 1. The Hall–Kier alpha value is -1.86. The molecule has 0 spiro atoms. The summed E-state index contributed by atoms with van der Waals surface area (Å²) < 4.78 is 14.2. The highest BCUT2D eigenvalue weighted by atomic mass is 32.2. The maximum absolute atomic E-state index is 14.2. The van der Waals surface area contributed by atoms with Crippen LogP contribution in [0.4, 0.5) is 4.39 Å². The third-order valence-corrected chi connectivity index (χ3v) is 7.83. The zero-order valence-corrected chi connectivity index (χ0v) is 18.8. The van der Waals surface area contributed by atoms with Gasteiger partial charge in [-0.25, -0.2) is 9.18 Å². The monoisotopic (exact) mass is 435 g/mol. The summed E-state index contributed by atoms with van der Waals surface area (Å²) >= 11 is 1.31. The van der Waals surface area contributed by atoms with Gasteiger partial charge < -0.3 is 15.1 Å². The van der Waals surface area contributed by atoms with E-state index >= 15 is 0 Å². The smallest absolute Gasteiger partial charge is 0.343 e. The topological polar surface area (TPSA) is 77.8 Å². The molecule has 30 heavy (non-hydrogen) atoms. The van der Waals surface area contributed by atoms with Crippen molar-refractivity contribution in [3.63, 3.8) is 0 Å². The minimum absolute atomic E-state index is 0.0258. The van der Waals surface area contributed by atoms with Crippen molar-refractivity contribution in [2.45, 2.75) is 77.2 Å². The van der Waals surface area contributed by atoms with E-state index in [0.29, 0.717) is 43.4 Å². The number of amides is 1. The lowest BCUT2D eigenvalue weighted by Crippen LogP contribution is -2.43. The molecule has 3 rings (SSSR count). The molecule has 164 valence electrons. The van der Waals surface area contributed by atoms with Crippen LogP contribution in [0.15, 0.2) is 28.8 Å². The molecule has 0 aromatic heterocycles. The summed E-state index contributed by atoms with van der Waals surface area (Å²) in [5.41, 5.74) is 1.04. The zero-order chi connectivity index (χ0) is 22.2. The Morgan fingerprint density at radius 2 is 1.80 bits per heavy atom. The maximum Gasteiger partial charge on any atom is 0.343 e. The number of carbonyl (C=O) groups excluding carboxylic acids is 1. The van der Waals surface area contributed by atoms with Gasteiger partial charge in [0, 0.05) is 29.0 Å². The van der Waals surface area contributed by atoms with Crippen LogP contribution in [0.3, 0.4) is 0 Å². The standard InChI is InChI=1S/C23H30FNO4S/c1-13-5-6-14(11-17(13)24)21(27)25(15-7-9-16(26)10-8-15)18-12-19(23(2,3)4)30-20(18)22(28)29/h5-6,11,15-16,19,26H,7-10,12H2,1-4H3,(H,28,29). The number of hydrogen-bond acceptors (Lipinski definition) is 4. The van der Waals surface area contributed by atoms with Crippen molar-refractivity contribution in [2.75, 3.05) is 0 Å². The summed E-state index contributed by atoms with van der Waals surface area (Å²) in [7, 11) is 0. The Kier molecular flexibility index (Phi) is 6.63.